The van der Waals surface area contributed by atoms with Crippen LogP contribution in [0.1, 0.15) is 12.5 Å². The van der Waals surface area contributed by atoms with Crippen molar-refractivity contribution in [1.29, 1.82) is 0 Å². The molecule has 26 heavy (non-hydrogen) atoms. The van der Waals surface area contributed by atoms with Gasteiger partial charge in [-0.15, -0.1) is 0 Å². The molecule has 0 saturated carbocycles. The van der Waals surface area contributed by atoms with Gasteiger partial charge in [0.1, 0.15) is 5.75 Å². The molecule has 1 N–H and O–H groups in total. The van der Waals surface area contributed by atoms with Crippen molar-refractivity contribution in [3.63, 3.8) is 0 Å². The highest BCUT2D eigenvalue weighted by atomic mass is 35.5. The Labute approximate surface area is 157 Å². The first-order chi connectivity index (χ1) is 12.3. The molecule has 0 radical (unpaired) electrons. The van der Waals surface area contributed by atoms with E-state index in [1.165, 1.54) is 10.4 Å². The molecule has 6 nitrogen and oxygen atoms in total. The minimum Gasteiger partial charge on any atom is -0.476 e. The fourth-order valence-corrected chi connectivity index (χ4v) is 4.35. The monoisotopic (exact) mass is 394 g/mol. The molecular weight excluding hydrogens is 376 g/mol. The van der Waals surface area contributed by atoms with Crippen LogP contribution in [0.3, 0.4) is 0 Å². The molecule has 0 aliphatic carbocycles. The summed E-state index contributed by atoms with van der Waals surface area (Å²) in [5.74, 6) is -0.0650. The molecule has 1 unspecified atom stereocenters. The van der Waals surface area contributed by atoms with Crippen molar-refractivity contribution in [2.24, 2.45) is 0 Å². The molecule has 1 aliphatic rings. The molecule has 1 amide bonds. The normalized spacial score (nSPS) is 16.6. The Morgan fingerprint density at radius 3 is 2.62 bits per heavy atom. The van der Waals surface area contributed by atoms with Gasteiger partial charge >= 0.3 is 0 Å². The van der Waals surface area contributed by atoms with Gasteiger partial charge in [-0.1, -0.05) is 29.3 Å². The molecule has 1 atom stereocenters. The van der Waals surface area contributed by atoms with Crippen LogP contribution in [0.15, 0.2) is 47.4 Å². The van der Waals surface area contributed by atoms with Crippen LogP contribution in [0, 0.1) is 6.92 Å². The number of carbonyl (C=O) groups is 1. The molecule has 0 saturated heterocycles. The van der Waals surface area contributed by atoms with Crippen LogP contribution in [-0.4, -0.2) is 33.5 Å². The van der Waals surface area contributed by atoms with E-state index in [9.17, 15) is 13.2 Å². The van der Waals surface area contributed by atoms with Gasteiger partial charge in [-0.3, -0.25) is 9.10 Å². The number of rotatable bonds is 4. The van der Waals surface area contributed by atoms with E-state index in [0.717, 1.165) is 5.56 Å². The first-order valence-electron chi connectivity index (χ1n) is 8.16. The van der Waals surface area contributed by atoms with Crippen molar-refractivity contribution in [3.05, 3.63) is 53.1 Å². The standard InChI is InChI=1S/C18H19ClN2O4S/c1-3-20-18(22)17-11-21(15-10-13(19)6-9-16(15)25-17)26(23,24)14-7-4-12(2)5-8-14/h4-10,17H,3,11H2,1-2H3,(H,20,22). The number of hydrogen-bond acceptors (Lipinski definition) is 4. The van der Waals surface area contributed by atoms with Gasteiger partial charge < -0.3 is 10.1 Å². The predicted molar refractivity (Wildman–Crippen MR) is 100 cm³/mol. The Bertz CT molecular complexity index is 929. The SMILES string of the molecule is CCNC(=O)C1CN(S(=O)(=O)c2ccc(C)cc2)c2cc(Cl)ccc2O1. The Balaban J connectivity index is 2.07. The number of ether oxygens (including phenoxy) is 1. The second-order valence-corrected chi connectivity index (χ2v) is 8.26. The van der Waals surface area contributed by atoms with Gasteiger partial charge in [0.05, 0.1) is 17.1 Å². The second-order valence-electron chi connectivity index (χ2n) is 5.96. The van der Waals surface area contributed by atoms with Crippen LogP contribution in [0.5, 0.6) is 5.75 Å². The van der Waals surface area contributed by atoms with Crippen LogP contribution < -0.4 is 14.4 Å². The summed E-state index contributed by atoms with van der Waals surface area (Å²) >= 11 is 6.05. The third kappa shape index (κ3) is 3.50. The molecule has 8 heteroatoms. The van der Waals surface area contributed by atoms with Crippen LogP contribution in [0.25, 0.3) is 0 Å². The van der Waals surface area contributed by atoms with Crippen LogP contribution in [0.2, 0.25) is 5.02 Å². The summed E-state index contributed by atoms with van der Waals surface area (Å²) in [5.41, 5.74) is 1.27. The number of sulfonamides is 1. The molecule has 0 fully saturated rings. The molecule has 2 aromatic carbocycles. The quantitative estimate of drug-likeness (QED) is 0.865. The zero-order valence-corrected chi connectivity index (χ0v) is 16.0. The topological polar surface area (TPSA) is 75.7 Å². The highest BCUT2D eigenvalue weighted by Gasteiger charge is 2.37. The highest BCUT2D eigenvalue weighted by molar-refractivity contribution is 7.92. The maximum atomic E-state index is 13.2. The lowest BCUT2D eigenvalue weighted by Gasteiger charge is -2.34. The van der Waals surface area contributed by atoms with E-state index in [1.807, 2.05) is 6.92 Å². The summed E-state index contributed by atoms with van der Waals surface area (Å²) in [7, 11) is -3.88. The van der Waals surface area contributed by atoms with Crippen LogP contribution >= 0.6 is 11.6 Å². The van der Waals surface area contributed by atoms with Crippen molar-refractivity contribution in [1.82, 2.24) is 5.32 Å². The lowest BCUT2D eigenvalue weighted by atomic mass is 10.2. The molecule has 0 aromatic heterocycles. The van der Waals surface area contributed by atoms with E-state index in [2.05, 4.69) is 5.32 Å². The third-order valence-corrected chi connectivity index (χ3v) is 6.07. The first-order valence-corrected chi connectivity index (χ1v) is 9.98. The van der Waals surface area contributed by atoms with Gasteiger partial charge in [-0.25, -0.2) is 8.42 Å². The van der Waals surface area contributed by atoms with E-state index in [4.69, 9.17) is 16.3 Å². The smallest absolute Gasteiger partial charge is 0.264 e. The second kappa shape index (κ2) is 7.17. The maximum Gasteiger partial charge on any atom is 0.264 e. The Kier molecular flexibility index (Phi) is 5.11. The van der Waals surface area contributed by atoms with Gasteiger partial charge in [-0.05, 0) is 44.2 Å². The molecule has 0 bridgehead atoms. The minimum absolute atomic E-state index is 0.130. The number of fused-ring (bicyclic) bond motifs is 1. The number of likely N-dealkylation sites (N-methyl/N-ethyl adjacent to an activating group) is 1. The summed E-state index contributed by atoms with van der Waals surface area (Å²) < 4.78 is 33.3. The Hall–Kier alpha value is -2.25. The van der Waals surface area contributed by atoms with Crippen molar-refractivity contribution in [3.8, 4) is 5.75 Å². The summed E-state index contributed by atoms with van der Waals surface area (Å²) in [5, 5.41) is 3.05. The molecule has 0 spiro atoms. The van der Waals surface area contributed by atoms with Crippen molar-refractivity contribution >= 4 is 33.2 Å². The minimum atomic E-state index is -3.88. The number of nitrogens with zero attached hydrogens (tertiary/aromatic N) is 1. The molecule has 1 heterocycles. The van der Waals surface area contributed by atoms with Crippen LogP contribution in [-0.2, 0) is 14.8 Å². The lowest BCUT2D eigenvalue weighted by Crippen LogP contribution is -2.50. The molecule has 138 valence electrons. The van der Waals surface area contributed by atoms with E-state index in [0.29, 0.717) is 23.0 Å². The van der Waals surface area contributed by atoms with Gasteiger partial charge in [0.25, 0.3) is 15.9 Å². The Morgan fingerprint density at radius 2 is 1.96 bits per heavy atom. The lowest BCUT2D eigenvalue weighted by molar-refractivity contribution is -0.127. The van der Waals surface area contributed by atoms with Crippen molar-refractivity contribution in [2.45, 2.75) is 24.8 Å². The number of hydrogen-bond donors (Lipinski definition) is 1. The van der Waals surface area contributed by atoms with Gasteiger partial charge in [0.15, 0.2) is 6.10 Å². The van der Waals surface area contributed by atoms with E-state index < -0.39 is 16.1 Å². The zero-order valence-electron chi connectivity index (χ0n) is 14.4. The van der Waals surface area contributed by atoms with Gasteiger partial charge in [0.2, 0.25) is 0 Å². The van der Waals surface area contributed by atoms with E-state index in [1.54, 1.807) is 43.3 Å². The summed E-state index contributed by atoms with van der Waals surface area (Å²) in [6.07, 6.45) is -0.941. The third-order valence-electron chi connectivity index (χ3n) is 4.04. The Morgan fingerprint density at radius 1 is 1.27 bits per heavy atom. The van der Waals surface area contributed by atoms with Gasteiger partial charge in [-0.2, -0.15) is 0 Å². The van der Waals surface area contributed by atoms with E-state index in [-0.39, 0.29) is 17.3 Å². The largest absolute Gasteiger partial charge is 0.476 e. The molecule has 2 aromatic rings. The fraction of sp³-hybridized carbons (Fsp3) is 0.278. The number of nitrogens with one attached hydrogen (secondary N) is 1. The maximum absolute atomic E-state index is 13.2. The fourth-order valence-electron chi connectivity index (χ4n) is 2.71. The van der Waals surface area contributed by atoms with Crippen LogP contribution in [0.4, 0.5) is 5.69 Å². The average Bonchev–Trinajstić information content (AvgIpc) is 2.61. The number of carbonyl (C=O) groups excluding carboxylic acids is 1. The molecule has 3 rings (SSSR count). The number of amides is 1. The van der Waals surface area contributed by atoms with Crippen molar-refractivity contribution < 1.29 is 17.9 Å². The van der Waals surface area contributed by atoms with Gasteiger partial charge in [0, 0.05) is 11.6 Å². The summed E-state index contributed by atoms with van der Waals surface area (Å²) in [4.78, 5) is 12.4. The first kappa shape index (κ1) is 18.5. The number of aryl methyl sites for hydroxylation is 1. The number of anilines is 1. The summed E-state index contributed by atoms with van der Waals surface area (Å²) in [6, 6.07) is 11.2. The predicted octanol–water partition coefficient (Wildman–Crippen LogP) is 2.74. The van der Waals surface area contributed by atoms with Crippen molar-refractivity contribution in [2.75, 3.05) is 17.4 Å². The molecular formula is C18H19ClN2O4S. The zero-order chi connectivity index (χ0) is 18.9. The average molecular weight is 395 g/mol. The van der Waals surface area contributed by atoms with E-state index >= 15 is 0 Å². The number of benzene rings is 2. The molecule has 1 aliphatic heterocycles. The highest BCUT2D eigenvalue weighted by Crippen LogP contribution is 2.38. The summed E-state index contributed by atoms with van der Waals surface area (Å²) in [6.45, 7) is 3.97. The number of halogens is 1.